The largest absolute Gasteiger partial charge is 0.463 e. The number of carbonyl (C=O) groups is 3. The van der Waals surface area contributed by atoms with Crippen LogP contribution in [-0.4, -0.2) is 85.0 Å². The van der Waals surface area contributed by atoms with Gasteiger partial charge in [-0.1, -0.05) is 36.8 Å². The van der Waals surface area contributed by atoms with E-state index >= 15 is 0 Å². The van der Waals surface area contributed by atoms with Gasteiger partial charge in [-0.25, -0.2) is 4.79 Å². The predicted octanol–water partition coefficient (Wildman–Crippen LogP) is 2.43. The highest BCUT2D eigenvalue weighted by Gasteiger charge is 2.17. The maximum atomic E-state index is 12.4. The Bertz CT molecular complexity index is 862. The first kappa shape index (κ1) is 31.6. The molecule has 0 saturated carbocycles. The highest BCUT2D eigenvalue weighted by Crippen LogP contribution is 2.10. The molecule has 1 aromatic carbocycles. The van der Waals surface area contributed by atoms with Crippen LogP contribution in [0.15, 0.2) is 47.6 Å². The number of hydrogen-bond acceptors (Lipinski definition) is 8. The first-order valence-electron chi connectivity index (χ1n) is 12.3. The van der Waals surface area contributed by atoms with Crippen LogP contribution in [0.4, 0.5) is 4.79 Å². The molecule has 1 aromatic rings. The first-order valence-corrected chi connectivity index (χ1v) is 12.3. The van der Waals surface area contributed by atoms with Gasteiger partial charge >= 0.3 is 12.1 Å². The number of ether oxygens (including phenoxy) is 3. The number of aliphatic hydroxyl groups is 1. The summed E-state index contributed by atoms with van der Waals surface area (Å²) in [4.78, 5) is 41.8. The summed E-state index contributed by atoms with van der Waals surface area (Å²) in [5.41, 5.74) is 6.52. The van der Waals surface area contributed by atoms with Crippen molar-refractivity contribution in [2.24, 2.45) is 10.7 Å². The van der Waals surface area contributed by atoms with Crippen LogP contribution in [0, 0.1) is 0 Å². The monoisotopic (exact) mass is 520 g/mol. The predicted molar refractivity (Wildman–Crippen MR) is 139 cm³/mol. The third-order valence-electron chi connectivity index (χ3n) is 5.02. The average Bonchev–Trinajstić information content (AvgIpc) is 2.87. The number of carbonyl (C=O) groups excluding carboxylic acids is 3. The molecule has 0 spiro atoms. The lowest BCUT2D eigenvalue weighted by molar-refractivity contribution is -0.146. The van der Waals surface area contributed by atoms with E-state index in [-0.39, 0.29) is 50.2 Å². The minimum atomic E-state index is -1.21. The van der Waals surface area contributed by atoms with Crippen molar-refractivity contribution in [2.45, 2.75) is 58.4 Å². The van der Waals surface area contributed by atoms with E-state index in [1.54, 1.807) is 4.90 Å². The Labute approximate surface area is 218 Å². The second-order valence-electron chi connectivity index (χ2n) is 8.44. The van der Waals surface area contributed by atoms with Crippen molar-refractivity contribution in [3.05, 3.63) is 48.2 Å². The molecule has 0 fully saturated rings. The van der Waals surface area contributed by atoms with Crippen LogP contribution in [0.1, 0.15) is 45.1 Å². The number of amides is 2. The summed E-state index contributed by atoms with van der Waals surface area (Å²) in [7, 11) is 1.50. The van der Waals surface area contributed by atoms with Crippen molar-refractivity contribution in [2.75, 3.05) is 33.4 Å². The van der Waals surface area contributed by atoms with Crippen molar-refractivity contribution < 1.29 is 33.7 Å². The minimum absolute atomic E-state index is 0.0316. The molecule has 0 aromatic heterocycles. The number of hydrogen-bond donors (Lipinski definition) is 2. The average molecular weight is 521 g/mol. The summed E-state index contributed by atoms with van der Waals surface area (Å²) in [5.74, 6) is -0.152. The molecule has 1 rings (SSSR count). The maximum absolute atomic E-state index is 12.4. The van der Waals surface area contributed by atoms with E-state index in [1.165, 1.54) is 19.3 Å². The Kier molecular flexibility index (Phi) is 16.0. The van der Waals surface area contributed by atoms with Crippen molar-refractivity contribution in [1.29, 1.82) is 0 Å². The second-order valence-corrected chi connectivity index (χ2v) is 8.44. The smallest absolute Gasteiger partial charge is 0.410 e. The quantitative estimate of drug-likeness (QED) is 0.0750. The summed E-state index contributed by atoms with van der Waals surface area (Å²) in [6.07, 6.45) is 3.68. The first-order chi connectivity index (χ1) is 17.8. The molecule has 0 heterocycles. The molecule has 0 aliphatic heterocycles. The lowest BCUT2D eigenvalue weighted by Crippen LogP contribution is -2.34. The highest BCUT2D eigenvalue weighted by molar-refractivity contribution is 5.91. The molecule has 1 atom stereocenters. The normalized spacial score (nSPS) is 12.4. The Balaban J connectivity index is 2.24. The fourth-order valence-electron chi connectivity index (χ4n) is 3.07. The fraction of sp³-hybridized carbons (Fsp3) is 0.538. The number of esters is 1. The van der Waals surface area contributed by atoms with Gasteiger partial charge in [-0.2, -0.15) is 0 Å². The van der Waals surface area contributed by atoms with Gasteiger partial charge in [-0.15, -0.1) is 0 Å². The van der Waals surface area contributed by atoms with Crippen LogP contribution >= 0.6 is 0 Å². The van der Waals surface area contributed by atoms with Gasteiger partial charge in [0, 0.05) is 32.8 Å². The molecular formula is C26H40N4O7. The van der Waals surface area contributed by atoms with Crippen LogP contribution in [0.25, 0.3) is 0 Å². The van der Waals surface area contributed by atoms with Crippen molar-refractivity contribution in [3.8, 4) is 0 Å². The van der Waals surface area contributed by atoms with Crippen molar-refractivity contribution >= 4 is 24.3 Å². The van der Waals surface area contributed by atoms with Gasteiger partial charge in [-0.3, -0.25) is 19.5 Å². The number of amidine groups is 1. The van der Waals surface area contributed by atoms with E-state index in [0.29, 0.717) is 25.9 Å². The Hall–Kier alpha value is -3.44. The second kappa shape index (κ2) is 18.8. The molecule has 206 valence electrons. The molecule has 0 saturated heterocycles. The summed E-state index contributed by atoms with van der Waals surface area (Å²) >= 11 is 0. The molecular weight excluding hydrogens is 480 g/mol. The number of benzene rings is 1. The SMILES string of the molecule is CN=C(N)/C=C\N(C=O)[C@@H](O)COCCOC(=O)CCCCCN(Cc1ccccc1)C(=O)OC(C)C. The van der Waals surface area contributed by atoms with E-state index in [4.69, 9.17) is 19.9 Å². The third kappa shape index (κ3) is 14.6. The molecule has 11 nitrogen and oxygen atoms in total. The summed E-state index contributed by atoms with van der Waals surface area (Å²) < 4.78 is 15.7. The van der Waals surface area contributed by atoms with E-state index in [1.807, 2.05) is 44.2 Å². The van der Waals surface area contributed by atoms with Gasteiger partial charge in [0.15, 0.2) is 6.23 Å². The summed E-state index contributed by atoms with van der Waals surface area (Å²) in [6, 6.07) is 9.71. The zero-order chi connectivity index (χ0) is 27.5. The molecule has 0 unspecified atom stereocenters. The molecule has 0 radical (unpaired) electrons. The zero-order valence-electron chi connectivity index (χ0n) is 22.0. The highest BCUT2D eigenvalue weighted by atomic mass is 16.6. The molecule has 2 amide bonds. The van der Waals surface area contributed by atoms with E-state index in [2.05, 4.69) is 4.99 Å². The zero-order valence-corrected chi connectivity index (χ0v) is 22.0. The van der Waals surface area contributed by atoms with Crippen molar-refractivity contribution in [1.82, 2.24) is 9.80 Å². The number of rotatable bonds is 18. The van der Waals surface area contributed by atoms with Gasteiger partial charge in [0.25, 0.3) is 0 Å². The van der Waals surface area contributed by atoms with Gasteiger partial charge in [0.05, 0.1) is 19.3 Å². The Morgan fingerprint density at radius 3 is 2.51 bits per heavy atom. The third-order valence-corrected chi connectivity index (χ3v) is 5.02. The summed E-state index contributed by atoms with van der Waals surface area (Å²) in [5, 5.41) is 9.97. The lowest BCUT2D eigenvalue weighted by atomic mass is 10.1. The Morgan fingerprint density at radius 2 is 1.86 bits per heavy atom. The Morgan fingerprint density at radius 1 is 1.14 bits per heavy atom. The molecule has 0 aliphatic rings. The standard InChI is InChI=1S/C26H40N4O7/c1-21(2)37-26(34)29(18-22-10-6-4-7-11-22)14-9-5-8-12-25(33)36-17-16-35-19-24(32)30(20-31)15-13-23(27)28-3/h4,6-7,10-11,13,15,20-21,24,32H,5,8-9,12,14,16-19H2,1-3H3,(H2,27,28)/b15-13-/t24-/m0/s1. The lowest BCUT2D eigenvalue weighted by Gasteiger charge is -2.23. The van der Waals surface area contributed by atoms with Gasteiger partial charge in [0.2, 0.25) is 6.41 Å². The van der Waals surface area contributed by atoms with E-state index in [0.717, 1.165) is 23.3 Å². The molecule has 3 N–H and O–H groups in total. The number of aliphatic hydroxyl groups excluding tert-OH is 1. The number of aliphatic imine (C=N–C) groups is 1. The van der Waals surface area contributed by atoms with Gasteiger partial charge in [0.1, 0.15) is 12.4 Å². The molecule has 37 heavy (non-hydrogen) atoms. The minimum Gasteiger partial charge on any atom is -0.463 e. The van der Waals surface area contributed by atoms with Gasteiger partial charge < -0.3 is 30.0 Å². The van der Waals surface area contributed by atoms with Crippen LogP contribution in [0.2, 0.25) is 0 Å². The molecule has 11 heteroatoms. The molecule has 0 bridgehead atoms. The van der Waals surface area contributed by atoms with Crippen molar-refractivity contribution in [3.63, 3.8) is 0 Å². The van der Waals surface area contributed by atoms with Gasteiger partial charge in [-0.05, 0) is 38.3 Å². The van der Waals surface area contributed by atoms with Crippen LogP contribution in [0.3, 0.4) is 0 Å². The number of nitrogens with zero attached hydrogens (tertiary/aromatic N) is 3. The topological polar surface area (TPSA) is 144 Å². The van der Waals surface area contributed by atoms with E-state index < -0.39 is 6.23 Å². The maximum Gasteiger partial charge on any atom is 0.410 e. The summed E-state index contributed by atoms with van der Waals surface area (Å²) in [6.45, 7) is 4.56. The molecule has 0 aliphatic carbocycles. The number of unbranched alkanes of at least 4 members (excludes halogenated alkanes) is 2. The van der Waals surface area contributed by atoms with Crippen LogP contribution in [-0.2, 0) is 30.3 Å². The van der Waals surface area contributed by atoms with Crippen LogP contribution in [0.5, 0.6) is 0 Å². The fourth-order valence-corrected chi connectivity index (χ4v) is 3.07. The van der Waals surface area contributed by atoms with E-state index in [9.17, 15) is 19.5 Å². The number of nitrogens with two attached hydrogens (primary N) is 1. The van der Waals surface area contributed by atoms with Crippen LogP contribution < -0.4 is 5.73 Å².